The van der Waals surface area contributed by atoms with E-state index in [1.165, 1.54) is 13.1 Å². The van der Waals surface area contributed by atoms with Crippen molar-refractivity contribution >= 4 is 11.8 Å². The maximum atomic E-state index is 10.8. The largest absolute Gasteiger partial charge is 0.457 e. The van der Waals surface area contributed by atoms with E-state index in [1.54, 1.807) is 6.92 Å². The molecular weight excluding hydrogens is 278 g/mol. The van der Waals surface area contributed by atoms with Crippen LogP contribution < -0.4 is 4.74 Å². The number of likely N-dealkylation sites (N-methyl/N-ethyl adjacent to an activating group) is 1. The summed E-state index contributed by atoms with van der Waals surface area (Å²) in [5, 5.41) is 0. The summed E-state index contributed by atoms with van der Waals surface area (Å²) in [6.45, 7) is 1.63. The van der Waals surface area contributed by atoms with Crippen LogP contribution in [0.5, 0.6) is 11.5 Å². The summed E-state index contributed by atoms with van der Waals surface area (Å²) in [5.41, 5.74) is 0.516. The Morgan fingerprint density at radius 2 is 1.27 bits per heavy atom. The molecule has 0 aromatic heterocycles. The van der Waals surface area contributed by atoms with Gasteiger partial charge in [-0.2, -0.15) is 0 Å². The van der Waals surface area contributed by atoms with Crippen molar-refractivity contribution < 1.29 is 14.3 Å². The van der Waals surface area contributed by atoms with Crippen molar-refractivity contribution in [3.8, 4) is 11.5 Å². The number of amides is 2. The van der Waals surface area contributed by atoms with Crippen molar-refractivity contribution in [2.45, 2.75) is 6.92 Å². The van der Waals surface area contributed by atoms with Crippen molar-refractivity contribution in [1.82, 2.24) is 4.90 Å². The number of benzene rings is 2. The van der Waals surface area contributed by atoms with Gasteiger partial charge >= 0.3 is 0 Å². The van der Waals surface area contributed by atoms with Gasteiger partial charge in [0.15, 0.2) is 0 Å². The minimum atomic E-state index is -0.225. The third-order valence-electron chi connectivity index (χ3n) is 3.03. The summed E-state index contributed by atoms with van der Waals surface area (Å²) >= 11 is 0. The topological polar surface area (TPSA) is 46.6 Å². The van der Waals surface area contributed by atoms with E-state index in [0.29, 0.717) is 5.57 Å². The zero-order valence-electron chi connectivity index (χ0n) is 12.5. The van der Waals surface area contributed by atoms with E-state index in [-0.39, 0.29) is 11.8 Å². The number of rotatable bonds is 2. The summed E-state index contributed by atoms with van der Waals surface area (Å²) in [6.07, 6.45) is 1.34. The lowest BCUT2D eigenvalue weighted by molar-refractivity contribution is -0.135. The van der Waals surface area contributed by atoms with E-state index < -0.39 is 0 Å². The van der Waals surface area contributed by atoms with Gasteiger partial charge in [0.05, 0.1) is 0 Å². The van der Waals surface area contributed by atoms with Crippen LogP contribution >= 0.6 is 0 Å². The van der Waals surface area contributed by atoms with E-state index in [1.807, 2.05) is 60.7 Å². The molecule has 2 aromatic carbocycles. The lowest BCUT2D eigenvalue weighted by atomic mass is 10.3. The normalized spacial score (nSPS) is 13.4. The zero-order chi connectivity index (χ0) is 15.9. The zero-order valence-corrected chi connectivity index (χ0v) is 12.5. The standard InChI is InChI=1S/C12H10O.C6H7NO2/c1-3-7-11(8-4-1)13-12-9-5-2-6-10-12;1-4-3-5(8)7(2)6(4)9/h1-10H;3H,1-2H3. The van der Waals surface area contributed by atoms with Gasteiger partial charge in [-0.25, -0.2) is 0 Å². The smallest absolute Gasteiger partial charge is 0.256 e. The SMILES string of the molecule is CC1=CC(=O)N(C)C1=O.c1ccc(Oc2ccccc2)cc1. The predicted octanol–water partition coefficient (Wildman–Crippen LogP) is 3.41. The number of nitrogens with zero attached hydrogens (tertiary/aromatic N) is 1. The average Bonchev–Trinajstić information content (AvgIpc) is 2.76. The number of carbonyl (C=O) groups is 2. The predicted molar refractivity (Wildman–Crippen MR) is 84.5 cm³/mol. The summed E-state index contributed by atoms with van der Waals surface area (Å²) in [5.74, 6) is 1.32. The first kappa shape index (κ1) is 15.5. The van der Waals surface area contributed by atoms with Crippen LogP contribution in [0.2, 0.25) is 0 Å². The third-order valence-corrected chi connectivity index (χ3v) is 3.03. The fourth-order valence-electron chi connectivity index (χ4n) is 1.82. The van der Waals surface area contributed by atoms with E-state index in [4.69, 9.17) is 4.74 Å². The maximum absolute atomic E-state index is 10.8. The maximum Gasteiger partial charge on any atom is 0.256 e. The molecule has 2 aromatic rings. The van der Waals surface area contributed by atoms with Crippen molar-refractivity contribution in [1.29, 1.82) is 0 Å². The molecule has 0 fully saturated rings. The quantitative estimate of drug-likeness (QED) is 0.798. The summed E-state index contributed by atoms with van der Waals surface area (Å²) < 4.78 is 5.58. The highest BCUT2D eigenvalue weighted by molar-refractivity contribution is 6.15. The van der Waals surface area contributed by atoms with Gasteiger partial charge in [0.25, 0.3) is 11.8 Å². The monoisotopic (exact) mass is 295 g/mol. The van der Waals surface area contributed by atoms with Gasteiger partial charge in [0, 0.05) is 18.7 Å². The van der Waals surface area contributed by atoms with E-state index >= 15 is 0 Å². The van der Waals surface area contributed by atoms with Gasteiger partial charge in [-0.1, -0.05) is 36.4 Å². The molecule has 0 spiro atoms. The molecule has 1 aliphatic heterocycles. The Balaban J connectivity index is 0.000000172. The van der Waals surface area contributed by atoms with Crippen LogP contribution in [0.1, 0.15) is 6.92 Å². The molecule has 4 heteroatoms. The van der Waals surface area contributed by atoms with Crippen LogP contribution in [-0.4, -0.2) is 23.8 Å². The molecule has 0 unspecified atom stereocenters. The molecule has 1 aliphatic rings. The third kappa shape index (κ3) is 4.06. The lowest BCUT2D eigenvalue weighted by Crippen LogP contribution is -2.25. The van der Waals surface area contributed by atoms with Crippen LogP contribution in [0.25, 0.3) is 0 Å². The van der Waals surface area contributed by atoms with Crippen molar-refractivity contribution in [2.24, 2.45) is 0 Å². The van der Waals surface area contributed by atoms with Crippen molar-refractivity contribution in [2.75, 3.05) is 7.05 Å². The van der Waals surface area contributed by atoms with Gasteiger partial charge in [0.2, 0.25) is 0 Å². The van der Waals surface area contributed by atoms with Crippen molar-refractivity contribution in [3.05, 3.63) is 72.3 Å². The molecule has 0 N–H and O–H groups in total. The fraction of sp³-hybridized carbons (Fsp3) is 0.111. The Bertz CT molecular complexity index is 640. The molecule has 1 heterocycles. The van der Waals surface area contributed by atoms with Crippen LogP contribution in [0.15, 0.2) is 72.3 Å². The minimum Gasteiger partial charge on any atom is -0.457 e. The number of imide groups is 1. The highest BCUT2D eigenvalue weighted by Crippen LogP contribution is 2.19. The summed E-state index contributed by atoms with van der Waals surface area (Å²) in [4.78, 5) is 22.5. The first-order valence-electron chi connectivity index (χ1n) is 6.86. The first-order chi connectivity index (χ1) is 10.6. The summed E-state index contributed by atoms with van der Waals surface area (Å²) in [6, 6.07) is 19.5. The van der Waals surface area contributed by atoms with Gasteiger partial charge in [-0.3, -0.25) is 14.5 Å². The minimum absolute atomic E-state index is 0.194. The average molecular weight is 295 g/mol. The van der Waals surface area contributed by atoms with Crippen molar-refractivity contribution in [3.63, 3.8) is 0 Å². The van der Waals surface area contributed by atoms with Crippen LogP contribution in [0, 0.1) is 0 Å². The van der Waals surface area contributed by atoms with Gasteiger partial charge < -0.3 is 4.74 Å². The second-order valence-corrected chi connectivity index (χ2v) is 4.76. The number of ether oxygens (including phenoxy) is 1. The first-order valence-corrected chi connectivity index (χ1v) is 6.86. The molecule has 0 aliphatic carbocycles. The summed E-state index contributed by atoms with van der Waals surface area (Å²) in [7, 11) is 1.47. The van der Waals surface area contributed by atoms with Gasteiger partial charge in [0.1, 0.15) is 11.5 Å². The Kier molecular flexibility index (Phi) is 5.09. The highest BCUT2D eigenvalue weighted by atomic mass is 16.5. The second-order valence-electron chi connectivity index (χ2n) is 4.76. The van der Waals surface area contributed by atoms with Crippen LogP contribution in [0.4, 0.5) is 0 Å². The van der Waals surface area contributed by atoms with E-state index in [2.05, 4.69) is 0 Å². The lowest BCUT2D eigenvalue weighted by Gasteiger charge is -2.03. The molecule has 0 saturated heterocycles. The fourth-order valence-corrected chi connectivity index (χ4v) is 1.82. The van der Waals surface area contributed by atoms with Crippen LogP contribution in [0.3, 0.4) is 0 Å². The van der Waals surface area contributed by atoms with E-state index in [9.17, 15) is 9.59 Å². The number of hydrogen-bond donors (Lipinski definition) is 0. The molecule has 2 amide bonds. The molecule has 22 heavy (non-hydrogen) atoms. The molecule has 0 radical (unpaired) electrons. The Labute approximate surface area is 129 Å². The molecule has 3 rings (SSSR count). The number of carbonyl (C=O) groups excluding carboxylic acids is 2. The molecule has 0 saturated carbocycles. The molecule has 0 atom stereocenters. The van der Waals surface area contributed by atoms with Gasteiger partial charge in [-0.15, -0.1) is 0 Å². The Morgan fingerprint density at radius 1 is 0.818 bits per heavy atom. The molecule has 112 valence electrons. The van der Waals surface area contributed by atoms with Crippen LogP contribution in [-0.2, 0) is 9.59 Å². The number of hydrogen-bond acceptors (Lipinski definition) is 3. The van der Waals surface area contributed by atoms with Gasteiger partial charge in [-0.05, 0) is 31.2 Å². The second kappa shape index (κ2) is 7.22. The number of para-hydroxylation sites is 2. The Morgan fingerprint density at radius 3 is 1.55 bits per heavy atom. The Hall–Kier alpha value is -2.88. The molecular formula is C18H17NO3. The molecule has 4 nitrogen and oxygen atoms in total. The van der Waals surface area contributed by atoms with E-state index in [0.717, 1.165) is 16.4 Å². The molecule has 0 bridgehead atoms. The highest BCUT2D eigenvalue weighted by Gasteiger charge is 2.23.